The predicted octanol–water partition coefficient (Wildman–Crippen LogP) is 1.36. The summed E-state index contributed by atoms with van der Waals surface area (Å²) in [5, 5.41) is 3.41. The summed E-state index contributed by atoms with van der Waals surface area (Å²) in [6, 6.07) is 1.63. The molecule has 1 unspecified atom stereocenters. The smallest absolute Gasteiger partial charge is 0.303 e. The summed E-state index contributed by atoms with van der Waals surface area (Å²) >= 11 is 1.39. The van der Waals surface area contributed by atoms with Gasteiger partial charge in [-0.15, -0.1) is 11.3 Å². The molecule has 1 aromatic heterocycles. The first kappa shape index (κ1) is 9.50. The molecule has 0 aliphatic heterocycles. The Labute approximate surface area is 74.5 Å². The van der Waals surface area contributed by atoms with Gasteiger partial charge < -0.3 is 4.74 Å². The van der Waals surface area contributed by atoms with Crippen molar-refractivity contribution in [1.82, 2.24) is 0 Å². The lowest BCUT2D eigenvalue weighted by molar-refractivity contribution is 0.275. The molecule has 6 heteroatoms. The third-order valence-corrected chi connectivity index (χ3v) is 2.81. The number of hydrogen-bond acceptors (Lipinski definition) is 4. The van der Waals surface area contributed by atoms with Crippen molar-refractivity contribution in [1.29, 1.82) is 0 Å². The maximum atomic E-state index is 10.5. The minimum Gasteiger partial charge on any atom is -0.471 e. The van der Waals surface area contributed by atoms with Crippen molar-refractivity contribution >= 4 is 21.5 Å². The molecule has 1 atom stereocenters. The average molecular weight is 208 g/mol. The van der Waals surface area contributed by atoms with Gasteiger partial charge in [0.15, 0.2) is 0 Å². The lowest BCUT2D eigenvalue weighted by Crippen LogP contribution is -2.22. The van der Waals surface area contributed by atoms with Crippen LogP contribution in [0.1, 0.15) is 6.92 Å². The Kier molecular flexibility index (Phi) is 2.71. The molecule has 0 saturated carbocycles. The van der Waals surface area contributed by atoms with E-state index in [1.54, 1.807) is 16.8 Å². The highest BCUT2D eigenvalue weighted by Crippen LogP contribution is 2.17. The first-order valence-electron chi connectivity index (χ1n) is 3.15. The van der Waals surface area contributed by atoms with Gasteiger partial charge in [-0.3, -0.25) is 4.55 Å². The molecule has 4 nitrogen and oxygen atoms in total. The van der Waals surface area contributed by atoms with Crippen molar-refractivity contribution in [2.75, 3.05) is 0 Å². The molecular formula is C6H8O4S2. The number of ether oxygens (including phenoxy) is 1. The molecule has 0 radical (unpaired) electrons. The van der Waals surface area contributed by atoms with Crippen molar-refractivity contribution < 1.29 is 17.7 Å². The van der Waals surface area contributed by atoms with Crippen LogP contribution in [0.4, 0.5) is 0 Å². The molecule has 0 aromatic carbocycles. The summed E-state index contributed by atoms with van der Waals surface area (Å²) < 4.78 is 34.4. The molecule has 0 spiro atoms. The predicted molar refractivity (Wildman–Crippen MR) is 46.0 cm³/mol. The van der Waals surface area contributed by atoms with E-state index >= 15 is 0 Å². The van der Waals surface area contributed by atoms with Crippen LogP contribution in [0.15, 0.2) is 16.8 Å². The van der Waals surface area contributed by atoms with E-state index in [1.807, 2.05) is 0 Å². The van der Waals surface area contributed by atoms with Crippen LogP contribution in [0.3, 0.4) is 0 Å². The van der Waals surface area contributed by atoms with Gasteiger partial charge >= 0.3 is 10.1 Å². The average Bonchev–Trinajstić information content (AvgIpc) is 2.37. The van der Waals surface area contributed by atoms with E-state index in [1.165, 1.54) is 18.3 Å². The SMILES string of the molecule is CC(Oc1ccsc1)S(=O)(=O)O. The third kappa shape index (κ3) is 2.47. The Morgan fingerprint density at radius 1 is 1.67 bits per heavy atom. The summed E-state index contributed by atoms with van der Waals surface area (Å²) in [6.45, 7) is 1.27. The third-order valence-electron chi connectivity index (χ3n) is 1.22. The highest BCUT2D eigenvalue weighted by atomic mass is 32.2. The van der Waals surface area contributed by atoms with Crippen LogP contribution >= 0.6 is 11.3 Å². The molecule has 1 N–H and O–H groups in total. The fourth-order valence-corrected chi connectivity index (χ4v) is 1.36. The quantitative estimate of drug-likeness (QED) is 0.762. The molecule has 12 heavy (non-hydrogen) atoms. The van der Waals surface area contributed by atoms with Crippen LogP contribution in [-0.4, -0.2) is 18.4 Å². The van der Waals surface area contributed by atoms with Crippen LogP contribution in [0.25, 0.3) is 0 Å². The summed E-state index contributed by atoms with van der Waals surface area (Å²) in [5.74, 6) is 0.449. The van der Waals surface area contributed by atoms with E-state index in [-0.39, 0.29) is 0 Å². The highest BCUT2D eigenvalue weighted by Gasteiger charge is 2.18. The second kappa shape index (κ2) is 3.42. The molecule has 68 valence electrons. The van der Waals surface area contributed by atoms with Crippen LogP contribution in [0.5, 0.6) is 5.75 Å². The fraction of sp³-hybridized carbons (Fsp3) is 0.333. The van der Waals surface area contributed by atoms with Crippen molar-refractivity contribution in [3.8, 4) is 5.75 Å². The van der Waals surface area contributed by atoms with Crippen molar-refractivity contribution in [2.45, 2.75) is 12.4 Å². The van der Waals surface area contributed by atoms with E-state index in [2.05, 4.69) is 0 Å². The lowest BCUT2D eigenvalue weighted by Gasteiger charge is -2.08. The minimum atomic E-state index is -4.10. The zero-order valence-corrected chi connectivity index (χ0v) is 7.93. The maximum absolute atomic E-state index is 10.5. The normalized spacial score (nSPS) is 14.2. The molecule has 0 aliphatic carbocycles. The summed E-state index contributed by atoms with van der Waals surface area (Å²) in [4.78, 5) is 0. The molecule has 0 aliphatic rings. The molecule has 0 amide bonds. The van der Waals surface area contributed by atoms with Crippen LogP contribution in [0.2, 0.25) is 0 Å². The van der Waals surface area contributed by atoms with Gasteiger partial charge in [-0.1, -0.05) is 0 Å². The monoisotopic (exact) mass is 208 g/mol. The Morgan fingerprint density at radius 2 is 2.33 bits per heavy atom. The van der Waals surface area contributed by atoms with E-state index in [0.29, 0.717) is 5.75 Å². The van der Waals surface area contributed by atoms with Gasteiger partial charge in [-0.2, -0.15) is 8.42 Å². The Bertz CT molecular complexity index is 326. The number of rotatable bonds is 3. The van der Waals surface area contributed by atoms with E-state index in [9.17, 15) is 8.42 Å². The Hall–Kier alpha value is -0.590. The first-order valence-corrected chi connectivity index (χ1v) is 5.60. The summed E-state index contributed by atoms with van der Waals surface area (Å²) in [7, 11) is -4.10. The topological polar surface area (TPSA) is 63.6 Å². The molecule has 0 bridgehead atoms. The van der Waals surface area contributed by atoms with Crippen molar-refractivity contribution in [2.24, 2.45) is 0 Å². The van der Waals surface area contributed by atoms with Gasteiger partial charge in [0.05, 0.1) is 0 Å². The van der Waals surface area contributed by atoms with Gasteiger partial charge in [-0.05, 0) is 18.4 Å². The van der Waals surface area contributed by atoms with Crippen molar-refractivity contribution in [3.05, 3.63) is 16.8 Å². The van der Waals surface area contributed by atoms with Crippen LogP contribution in [-0.2, 0) is 10.1 Å². The molecular weight excluding hydrogens is 200 g/mol. The van der Waals surface area contributed by atoms with Gasteiger partial charge in [0, 0.05) is 5.38 Å². The number of hydrogen-bond donors (Lipinski definition) is 1. The lowest BCUT2D eigenvalue weighted by atomic mass is 10.6. The van der Waals surface area contributed by atoms with Crippen molar-refractivity contribution in [3.63, 3.8) is 0 Å². The number of thiophene rings is 1. The second-order valence-corrected chi connectivity index (χ2v) is 4.63. The standard InChI is InChI=1S/C6H8O4S2/c1-5(12(7,8)9)10-6-2-3-11-4-6/h2-5H,1H3,(H,7,8,9). The van der Waals surface area contributed by atoms with Crippen LogP contribution < -0.4 is 4.74 Å². The zero-order chi connectivity index (χ0) is 9.19. The van der Waals surface area contributed by atoms with Crippen LogP contribution in [0, 0.1) is 0 Å². The molecule has 0 fully saturated rings. The minimum absolute atomic E-state index is 0.449. The molecule has 1 rings (SSSR count). The van der Waals surface area contributed by atoms with Gasteiger partial charge in [-0.25, -0.2) is 0 Å². The molecule has 1 heterocycles. The molecule has 1 aromatic rings. The fourth-order valence-electron chi connectivity index (χ4n) is 0.571. The van der Waals surface area contributed by atoms with Gasteiger partial charge in [0.2, 0.25) is 5.44 Å². The summed E-state index contributed by atoms with van der Waals surface area (Å²) in [5.41, 5.74) is -1.22. The largest absolute Gasteiger partial charge is 0.471 e. The van der Waals surface area contributed by atoms with Gasteiger partial charge in [0.1, 0.15) is 5.75 Å². The highest BCUT2D eigenvalue weighted by molar-refractivity contribution is 7.86. The van der Waals surface area contributed by atoms with Gasteiger partial charge in [0.25, 0.3) is 0 Å². The second-order valence-electron chi connectivity index (χ2n) is 2.16. The summed E-state index contributed by atoms with van der Waals surface area (Å²) in [6.07, 6.45) is 0. The Morgan fingerprint density at radius 3 is 2.75 bits per heavy atom. The van der Waals surface area contributed by atoms with E-state index in [4.69, 9.17) is 9.29 Å². The zero-order valence-electron chi connectivity index (χ0n) is 6.30. The van der Waals surface area contributed by atoms with E-state index < -0.39 is 15.6 Å². The Balaban J connectivity index is 2.66. The first-order chi connectivity index (χ1) is 5.50. The maximum Gasteiger partial charge on any atom is 0.303 e. The van der Waals surface area contributed by atoms with E-state index in [0.717, 1.165) is 0 Å². The molecule has 0 saturated heterocycles.